The van der Waals surface area contributed by atoms with Gasteiger partial charge in [0, 0.05) is 25.9 Å². The van der Waals surface area contributed by atoms with Crippen molar-refractivity contribution in [2.24, 2.45) is 0 Å². The largest absolute Gasteiger partial charge is 0.494 e. The molecule has 0 heterocycles. The van der Waals surface area contributed by atoms with E-state index in [9.17, 15) is 9.59 Å². The molecule has 2 amide bonds. The van der Waals surface area contributed by atoms with Crippen molar-refractivity contribution in [1.82, 2.24) is 10.6 Å². The Morgan fingerprint density at radius 1 is 0.423 bits per heavy atom. The van der Waals surface area contributed by atoms with Gasteiger partial charge in [-0.15, -0.1) is 0 Å². The van der Waals surface area contributed by atoms with Crippen LogP contribution in [0.4, 0.5) is 0 Å². The van der Waals surface area contributed by atoms with Crippen molar-refractivity contribution in [3.8, 4) is 11.5 Å². The van der Waals surface area contributed by atoms with Gasteiger partial charge in [-0.2, -0.15) is 0 Å². The number of hydrogen-bond donors (Lipinski definition) is 2. The fourth-order valence-corrected chi connectivity index (χ4v) is 5.84. The molecule has 0 aliphatic rings. The first-order chi connectivity index (χ1) is 24.2. The van der Waals surface area contributed by atoms with Gasteiger partial charge in [-0.3, -0.25) is 9.59 Å². The lowest BCUT2D eigenvalue weighted by Gasteiger charge is -2.26. The van der Waals surface area contributed by atoms with E-state index >= 15 is 0 Å². The predicted molar refractivity (Wildman–Crippen MR) is 220 cm³/mol. The van der Waals surface area contributed by atoms with Gasteiger partial charge >= 0.3 is 0 Å². The average Bonchev–Trinajstić information content (AvgIpc) is 3.03. The van der Waals surface area contributed by atoms with Gasteiger partial charge in [-0.25, -0.2) is 0 Å². The van der Waals surface area contributed by atoms with E-state index in [0.717, 1.165) is 75.7 Å². The van der Waals surface area contributed by atoms with Crippen molar-refractivity contribution < 1.29 is 19.1 Å². The number of unbranched alkanes of at least 4 members (excludes halogenated alkanes) is 7. The summed E-state index contributed by atoms with van der Waals surface area (Å²) in [6, 6.07) is 13.4. The summed E-state index contributed by atoms with van der Waals surface area (Å²) in [5.74, 6) is 2.09. The molecule has 2 rings (SSSR count). The summed E-state index contributed by atoms with van der Waals surface area (Å²) < 4.78 is 12.3. The van der Waals surface area contributed by atoms with Crippen LogP contribution in [-0.4, -0.2) is 38.1 Å². The van der Waals surface area contributed by atoms with Gasteiger partial charge in [0.05, 0.1) is 13.2 Å². The highest BCUT2D eigenvalue weighted by Gasteiger charge is 2.22. The Kier molecular flexibility index (Phi) is 18.2. The van der Waals surface area contributed by atoms with Crippen LogP contribution in [-0.2, 0) is 31.2 Å². The molecule has 2 aromatic carbocycles. The van der Waals surface area contributed by atoms with Crippen molar-refractivity contribution in [3.05, 3.63) is 58.7 Å². The highest BCUT2D eigenvalue weighted by Crippen LogP contribution is 2.34. The maximum atomic E-state index is 12.2. The van der Waals surface area contributed by atoms with E-state index in [1.807, 2.05) is 0 Å². The second kappa shape index (κ2) is 21.0. The van der Waals surface area contributed by atoms with E-state index in [0.29, 0.717) is 39.1 Å². The van der Waals surface area contributed by atoms with Crippen molar-refractivity contribution in [2.75, 3.05) is 26.3 Å². The highest BCUT2D eigenvalue weighted by molar-refractivity contribution is 5.77. The second-order valence-corrected chi connectivity index (χ2v) is 18.9. The number of hydrogen-bond acceptors (Lipinski definition) is 4. The summed E-state index contributed by atoms with van der Waals surface area (Å²) in [7, 11) is 0. The molecule has 0 atom stereocenters. The molecule has 0 aromatic heterocycles. The molecule has 0 bridgehead atoms. The van der Waals surface area contributed by atoms with E-state index in [4.69, 9.17) is 9.47 Å². The number of benzene rings is 2. The zero-order valence-electron chi connectivity index (χ0n) is 35.4. The molecule has 0 fully saturated rings. The fourth-order valence-electron chi connectivity index (χ4n) is 5.84. The molecule has 0 aliphatic carbocycles. The van der Waals surface area contributed by atoms with Crippen LogP contribution in [0.2, 0.25) is 0 Å². The Hall–Kier alpha value is -3.02. The SMILES string of the molecule is CC(C)(C)c1cc(OCCCCCCNC(=O)CCCCC(=O)NCCCCCCOc2cc(C(C)(C)C)cc(C(C)(C)C)c2)cc(C(C)(C)C)c1. The molecule has 6 nitrogen and oxygen atoms in total. The molecule has 6 heteroatoms. The zero-order chi connectivity index (χ0) is 39.0. The Balaban J connectivity index is 1.47. The number of carbonyl (C=O) groups is 2. The minimum Gasteiger partial charge on any atom is -0.494 e. The van der Waals surface area contributed by atoms with Crippen molar-refractivity contribution in [1.29, 1.82) is 0 Å². The second-order valence-electron chi connectivity index (χ2n) is 18.9. The number of amides is 2. The first-order valence-electron chi connectivity index (χ1n) is 20.3. The summed E-state index contributed by atoms with van der Waals surface area (Å²) in [5, 5.41) is 6.07. The Labute approximate surface area is 319 Å². The maximum Gasteiger partial charge on any atom is 0.219 e. The fraction of sp³-hybridized carbons (Fsp3) is 0.696. The predicted octanol–water partition coefficient (Wildman–Crippen LogP) is 11.2. The minimum atomic E-state index is 0.0778. The highest BCUT2D eigenvalue weighted by atomic mass is 16.5. The van der Waals surface area contributed by atoms with E-state index in [1.54, 1.807) is 0 Å². The van der Waals surface area contributed by atoms with Crippen molar-refractivity contribution in [2.45, 2.75) is 182 Å². The normalized spacial score (nSPS) is 12.5. The molecule has 0 radical (unpaired) electrons. The van der Waals surface area contributed by atoms with Crippen molar-refractivity contribution in [3.63, 3.8) is 0 Å². The van der Waals surface area contributed by atoms with Crippen LogP contribution in [0, 0.1) is 0 Å². The standard InChI is InChI=1S/C46H76N2O4/c1-43(2,3)35-29-36(44(4,5)6)32-39(31-35)51-27-21-15-13-19-25-47-41(49)23-17-18-24-42(50)48-26-20-14-16-22-28-52-40-33-37(45(7,8)9)30-38(34-40)46(10,11)12/h29-34H,13-28H2,1-12H3,(H,47,49)(H,48,50). The molecular weight excluding hydrogens is 645 g/mol. The van der Waals surface area contributed by atoms with Crippen LogP contribution in [0.15, 0.2) is 36.4 Å². The minimum absolute atomic E-state index is 0.0778. The molecule has 52 heavy (non-hydrogen) atoms. The summed E-state index contributed by atoms with van der Waals surface area (Å²) >= 11 is 0. The lowest BCUT2D eigenvalue weighted by Crippen LogP contribution is -2.25. The van der Waals surface area contributed by atoms with Crippen LogP contribution in [0.25, 0.3) is 0 Å². The number of nitrogens with one attached hydrogen (secondary N) is 2. The first-order valence-corrected chi connectivity index (χ1v) is 20.3. The average molecular weight is 721 g/mol. The van der Waals surface area contributed by atoms with Crippen LogP contribution in [0.5, 0.6) is 11.5 Å². The number of ether oxygens (including phenoxy) is 2. The van der Waals surface area contributed by atoms with E-state index < -0.39 is 0 Å². The molecule has 2 aromatic rings. The monoisotopic (exact) mass is 721 g/mol. The molecule has 0 saturated heterocycles. The van der Waals surface area contributed by atoms with Gasteiger partial charge in [-0.1, -0.05) is 121 Å². The topological polar surface area (TPSA) is 76.7 Å². The summed E-state index contributed by atoms with van der Waals surface area (Å²) in [5.41, 5.74) is 5.54. The quantitative estimate of drug-likeness (QED) is 0.126. The zero-order valence-corrected chi connectivity index (χ0v) is 35.4. The molecule has 0 unspecified atom stereocenters. The molecule has 0 aliphatic heterocycles. The Bertz CT molecular complexity index is 1200. The molecular formula is C46H76N2O4. The van der Waals surface area contributed by atoms with Gasteiger partial charge in [-0.05, 0) is 107 Å². The van der Waals surface area contributed by atoms with Gasteiger partial charge < -0.3 is 20.1 Å². The summed E-state index contributed by atoms with van der Waals surface area (Å²) in [6.07, 6.45) is 10.7. The molecule has 2 N–H and O–H groups in total. The lowest BCUT2D eigenvalue weighted by molar-refractivity contribution is -0.123. The van der Waals surface area contributed by atoms with Crippen molar-refractivity contribution >= 4 is 11.8 Å². The van der Waals surface area contributed by atoms with Crippen LogP contribution in [0.3, 0.4) is 0 Å². The Morgan fingerprint density at radius 2 is 0.712 bits per heavy atom. The third kappa shape index (κ3) is 18.1. The number of carbonyl (C=O) groups excluding carboxylic acids is 2. The van der Waals surface area contributed by atoms with Crippen LogP contribution in [0.1, 0.15) is 182 Å². The van der Waals surface area contributed by atoms with E-state index in [2.05, 4.69) is 130 Å². The van der Waals surface area contributed by atoms with Gasteiger partial charge in [0.1, 0.15) is 11.5 Å². The molecule has 0 saturated carbocycles. The summed E-state index contributed by atoms with van der Waals surface area (Å²) in [4.78, 5) is 24.5. The molecule has 0 spiro atoms. The third-order valence-electron chi connectivity index (χ3n) is 9.66. The van der Waals surface area contributed by atoms with Crippen LogP contribution >= 0.6 is 0 Å². The lowest BCUT2D eigenvalue weighted by atomic mass is 9.80. The smallest absolute Gasteiger partial charge is 0.219 e. The first kappa shape index (κ1) is 45.1. The van der Waals surface area contributed by atoms with Gasteiger partial charge in [0.15, 0.2) is 0 Å². The van der Waals surface area contributed by atoms with Gasteiger partial charge in [0.2, 0.25) is 11.8 Å². The van der Waals surface area contributed by atoms with E-state index in [1.165, 1.54) is 22.3 Å². The van der Waals surface area contributed by atoms with E-state index in [-0.39, 0.29) is 33.5 Å². The summed E-state index contributed by atoms with van der Waals surface area (Å²) in [6.45, 7) is 29.8. The third-order valence-corrected chi connectivity index (χ3v) is 9.66. The van der Waals surface area contributed by atoms with Crippen LogP contribution < -0.4 is 20.1 Å². The maximum absolute atomic E-state index is 12.2. The number of rotatable bonds is 21. The van der Waals surface area contributed by atoms with Gasteiger partial charge in [0.25, 0.3) is 0 Å². The molecule has 294 valence electrons. The Morgan fingerprint density at radius 3 is 1.00 bits per heavy atom.